The van der Waals surface area contributed by atoms with Crippen LogP contribution < -0.4 is 10.1 Å². The zero-order valence-electron chi connectivity index (χ0n) is 14.8. The number of hydrogen-bond acceptors (Lipinski definition) is 6. The second-order valence-corrected chi connectivity index (χ2v) is 6.53. The lowest BCUT2D eigenvalue weighted by molar-refractivity contribution is -0.123. The third-order valence-electron chi connectivity index (χ3n) is 4.62. The van der Waals surface area contributed by atoms with Crippen LogP contribution in [0.15, 0.2) is 24.3 Å². The van der Waals surface area contributed by atoms with E-state index in [0.717, 1.165) is 31.2 Å². The molecule has 8 heteroatoms. The van der Waals surface area contributed by atoms with Crippen LogP contribution in [0.2, 0.25) is 0 Å². The Kier molecular flexibility index (Phi) is 5.46. The predicted octanol–water partition coefficient (Wildman–Crippen LogP) is 2.08. The monoisotopic (exact) mass is 354 g/mol. The van der Waals surface area contributed by atoms with Gasteiger partial charge in [0.05, 0.1) is 13.2 Å². The maximum Gasteiger partial charge on any atom is 0.244 e. The van der Waals surface area contributed by atoms with E-state index in [-0.39, 0.29) is 12.5 Å². The average Bonchev–Trinajstić information content (AvgIpc) is 3.00. The van der Waals surface area contributed by atoms with Crippen molar-refractivity contribution < 1.29 is 9.53 Å². The van der Waals surface area contributed by atoms with Crippen LogP contribution in [0.3, 0.4) is 0 Å². The smallest absolute Gasteiger partial charge is 0.244 e. The van der Waals surface area contributed by atoms with Gasteiger partial charge in [-0.3, -0.25) is 4.79 Å². The third kappa shape index (κ3) is 4.17. The molecule has 1 heterocycles. The highest BCUT2D eigenvalue weighted by Gasteiger charge is 2.32. The SMILES string of the molecule is COc1cccc(-c2nnn(CC(=O)NC3(C#N)CCCCCC3)n2)c1. The number of rotatable bonds is 5. The number of aromatic nitrogens is 4. The minimum Gasteiger partial charge on any atom is -0.497 e. The van der Waals surface area contributed by atoms with Gasteiger partial charge >= 0.3 is 0 Å². The summed E-state index contributed by atoms with van der Waals surface area (Å²) in [5, 5.41) is 24.6. The molecule has 136 valence electrons. The van der Waals surface area contributed by atoms with Crippen LogP contribution in [0.1, 0.15) is 38.5 Å². The van der Waals surface area contributed by atoms with Gasteiger partial charge in [0.1, 0.15) is 17.8 Å². The largest absolute Gasteiger partial charge is 0.497 e. The summed E-state index contributed by atoms with van der Waals surface area (Å²) in [6.07, 6.45) is 5.50. The van der Waals surface area contributed by atoms with Crippen molar-refractivity contribution >= 4 is 5.91 Å². The molecular weight excluding hydrogens is 332 g/mol. The van der Waals surface area contributed by atoms with E-state index in [1.54, 1.807) is 13.2 Å². The molecule has 0 bridgehead atoms. The average molecular weight is 354 g/mol. The van der Waals surface area contributed by atoms with Gasteiger partial charge in [0, 0.05) is 5.56 Å². The number of benzene rings is 1. The highest BCUT2D eigenvalue weighted by Crippen LogP contribution is 2.26. The number of carbonyl (C=O) groups is 1. The van der Waals surface area contributed by atoms with Gasteiger partial charge in [0.15, 0.2) is 0 Å². The Balaban J connectivity index is 1.66. The first-order valence-electron chi connectivity index (χ1n) is 8.79. The van der Waals surface area contributed by atoms with Crippen molar-refractivity contribution in [2.75, 3.05) is 7.11 Å². The molecule has 0 radical (unpaired) electrons. The molecule has 1 amide bonds. The molecule has 3 rings (SSSR count). The standard InChI is InChI=1S/C18H22N6O2/c1-26-15-8-6-7-14(11-15)17-21-23-24(22-17)12-16(25)20-18(13-19)9-4-2-3-5-10-18/h6-8,11H,2-5,9-10,12H2,1H3,(H,20,25). The van der Waals surface area contributed by atoms with Crippen molar-refractivity contribution in [2.45, 2.75) is 50.6 Å². The molecular formula is C18H22N6O2. The number of ether oxygens (including phenoxy) is 1. The van der Waals surface area contributed by atoms with Gasteiger partial charge in [0.25, 0.3) is 0 Å². The second kappa shape index (κ2) is 7.95. The molecule has 1 N–H and O–H groups in total. The Morgan fingerprint density at radius 3 is 2.81 bits per heavy atom. The van der Waals surface area contributed by atoms with E-state index >= 15 is 0 Å². The van der Waals surface area contributed by atoms with E-state index in [4.69, 9.17) is 4.74 Å². The van der Waals surface area contributed by atoms with Crippen LogP contribution >= 0.6 is 0 Å². The van der Waals surface area contributed by atoms with Gasteiger partial charge in [-0.05, 0) is 30.2 Å². The fraction of sp³-hybridized carbons (Fsp3) is 0.500. The first-order valence-corrected chi connectivity index (χ1v) is 8.79. The number of nitrogens with one attached hydrogen (secondary N) is 1. The number of amides is 1. The summed E-state index contributed by atoms with van der Waals surface area (Å²) in [5.74, 6) is 0.838. The van der Waals surface area contributed by atoms with Crippen LogP contribution in [-0.2, 0) is 11.3 Å². The van der Waals surface area contributed by atoms with Gasteiger partial charge in [-0.2, -0.15) is 10.1 Å². The summed E-state index contributed by atoms with van der Waals surface area (Å²) in [5.41, 5.74) is -0.0164. The van der Waals surface area contributed by atoms with E-state index in [1.807, 2.05) is 18.2 Å². The minimum absolute atomic E-state index is 0.0690. The maximum atomic E-state index is 12.4. The number of hydrogen-bond donors (Lipinski definition) is 1. The number of nitriles is 1. The van der Waals surface area contributed by atoms with Crippen molar-refractivity contribution in [1.29, 1.82) is 5.26 Å². The summed E-state index contributed by atoms with van der Waals surface area (Å²) in [7, 11) is 1.59. The lowest BCUT2D eigenvalue weighted by atomic mass is 9.92. The maximum absolute atomic E-state index is 12.4. The molecule has 0 unspecified atom stereocenters. The summed E-state index contributed by atoms with van der Waals surface area (Å²) in [6.45, 7) is -0.0690. The molecule has 1 saturated carbocycles. The summed E-state index contributed by atoms with van der Waals surface area (Å²) in [6, 6.07) is 9.62. The molecule has 1 aromatic heterocycles. The summed E-state index contributed by atoms with van der Waals surface area (Å²) < 4.78 is 5.19. The quantitative estimate of drug-likeness (QED) is 0.824. The van der Waals surface area contributed by atoms with E-state index in [2.05, 4.69) is 26.8 Å². The Hall–Kier alpha value is -2.95. The van der Waals surface area contributed by atoms with E-state index < -0.39 is 5.54 Å². The Morgan fingerprint density at radius 2 is 2.12 bits per heavy atom. The number of nitrogens with zero attached hydrogens (tertiary/aromatic N) is 5. The topological polar surface area (TPSA) is 106 Å². The lowest BCUT2D eigenvalue weighted by Crippen LogP contribution is -2.48. The normalized spacial score (nSPS) is 16.3. The zero-order chi connectivity index (χ0) is 18.4. The van der Waals surface area contributed by atoms with Gasteiger partial charge < -0.3 is 10.1 Å². The van der Waals surface area contributed by atoms with Gasteiger partial charge in [-0.15, -0.1) is 10.2 Å². The van der Waals surface area contributed by atoms with Crippen molar-refractivity contribution in [3.63, 3.8) is 0 Å². The molecule has 1 aliphatic carbocycles. The highest BCUT2D eigenvalue weighted by molar-refractivity contribution is 5.77. The first kappa shape index (κ1) is 17.9. The fourth-order valence-electron chi connectivity index (χ4n) is 3.22. The molecule has 8 nitrogen and oxygen atoms in total. The van der Waals surface area contributed by atoms with Crippen LogP contribution in [0.5, 0.6) is 5.75 Å². The molecule has 1 aromatic carbocycles. The van der Waals surface area contributed by atoms with Gasteiger partial charge in [-0.1, -0.05) is 37.8 Å². The van der Waals surface area contributed by atoms with Crippen molar-refractivity contribution in [2.24, 2.45) is 0 Å². The van der Waals surface area contributed by atoms with Crippen LogP contribution in [-0.4, -0.2) is 38.8 Å². The number of tetrazole rings is 1. The third-order valence-corrected chi connectivity index (χ3v) is 4.62. The first-order chi connectivity index (χ1) is 12.6. The molecule has 0 atom stereocenters. The van der Waals surface area contributed by atoms with Crippen LogP contribution in [0.25, 0.3) is 11.4 Å². The van der Waals surface area contributed by atoms with Gasteiger partial charge in [-0.25, -0.2) is 0 Å². The van der Waals surface area contributed by atoms with E-state index in [1.165, 1.54) is 4.80 Å². The minimum atomic E-state index is -0.774. The highest BCUT2D eigenvalue weighted by atomic mass is 16.5. The van der Waals surface area contributed by atoms with Crippen molar-refractivity contribution in [3.8, 4) is 23.2 Å². The number of methoxy groups -OCH3 is 1. The molecule has 1 fully saturated rings. The molecule has 26 heavy (non-hydrogen) atoms. The zero-order valence-corrected chi connectivity index (χ0v) is 14.8. The molecule has 1 aliphatic rings. The number of carbonyl (C=O) groups excluding carboxylic acids is 1. The molecule has 2 aromatic rings. The summed E-state index contributed by atoms with van der Waals surface area (Å²) >= 11 is 0. The second-order valence-electron chi connectivity index (χ2n) is 6.53. The van der Waals surface area contributed by atoms with Crippen LogP contribution in [0, 0.1) is 11.3 Å². The molecule has 0 aliphatic heterocycles. The van der Waals surface area contributed by atoms with E-state index in [0.29, 0.717) is 24.4 Å². The lowest BCUT2D eigenvalue weighted by Gasteiger charge is -2.26. The molecule has 0 saturated heterocycles. The van der Waals surface area contributed by atoms with Crippen molar-refractivity contribution in [1.82, 2.24) is 25.5 Å². The van der Waals surface area contributed by atoms with Gasteiger partial charge in [0.2, 0.25) is 11.7 Å². The van der Waals surface area contributed by atoms with Crippen LogP contribution in [0.4, 0.5) is 0 Å². The molecule has 0 spiro atoms. The Bertz CT molecular complexity index is 802. The predicted molar refractivity (Wildman–Crippen MR) is 94.0 cm³/mol. The Morgan fingerprint density at radius 1 is 1.35 bits per heavy atom. The van der Waals surface area contributed by atoms with Crippen molar-refractivity contribution in [3.05, 3.63) is 24.3 Å². The van der Waals surface area contributed by atoms with E-state index in [9.17, 15) is 10.1 Å². The fourth-order valence-corrected chi connectivity index (χ4v) is 3.22. The summed E-state index contributed by atoms with van der Waals surface area (Å²) in [4.78, 5) is 13.6. The Labute approximate surface area is 152 Å².